The Bertz CT molecular complexity index is 3870. The first kappa shape index (κ1) is 36.7. The molecule has 13 rings (SSSR count). The van der Waals surface area contributed by atoms with Crippen molar-refractivity contribution in [3.05, 3.63) is 225 Å². The van der Waals surface area contributed by atoms with Crippen LogP contribution in [0.4, 0.5) is 0 Å². The van der Waals surface area contributed by atoms with Crippen LogP contribution in [0.3, 0.4) is 0 Å². The summed E-state index contributed by atoms with van der Waals surface area (Å²) < 4.78 is 6.77. The van der Waals surface area contributed by atoms with Gasteiger partial charge >= 0.3 is 0 Å². The van der Waals surface area contributed by atoms with E-state index < -0.39 is 0 Å². The third kappa shape index (κ3) is 6.05. The Kier molecular flexibility index (Phi) is 8.39. The van der Waals surface area contributed by atoms with Gasteiger partial charge in [-0.05, 0) is 90.0 Å². The van der Waals surface area contributed by atoms with E-state index in [1.54, 1.807) is 0 Å². The monoisotopic (exact) mass is 831 g/mol. The van der Waals surface area contributed by atoms with Crippen molar-refractivity contribution in [3.63, 3.8) is 0 Å². The number of rotatable bonds is 7. The van der Waals surface area contributed by atoms with Crippen LogP contribution in [0.25, 0.3) is 117 Å². The van der Waals surface area contributed by atoms with Gasteiger partial charge in [0.05, 0.1) is 39.5 Å². The number of aromatic nitrogens is 7. The first-order chi connectivity index (χ1) is 32.2. The van der Waals surface area contributed by atoms with Gasteiger partial charge in [-0.3, -0.25) is 0 Å². The summed E-state index contributed by atoms with van der Waals surface area (Å²) in [6, 6.07) is 76.6. The van der Waals surface area contributed by atoms with E-state index in [1.165, 1.54) is 21.8 Å². The van der Waals surface area contributed by atoms with Gasteiger partial charge < -0.3 is 9.13 Å². The molecule has 9 aromatic carbocycles. The lowest BCUT2D eigenvalue weighted by molar-refractivity contribution is 0.911. The van der Waals surface area contributed by atoms with Crippen molar-refractivity contribution < 1.29 is 0 Å². The molecular formula is C58H37N7. The average Bonchev–Trinajstić information content (AvgIpc) is 4.07. The van der Waals surface area contributed by atoms with Crippen molar-refractivity contribution in [2.24, 2.45) is 0 Å². The zero-order valence-electron chi connectivity index (χ0n) is 35.0. The molecule has 304 valence electrons. The van der Waals surface area contributed by atoms with Gasteiger partial charge in [-0.2, -0.15) is 5.10 Å². The maximum absolute atomic E-state index is 5.09. The SMILES string of the molecule is c1ccc(-c2nc(-c3ccccc3)nc(-c3cccc(-n4c5ccc(-c6ccc7c(c6)c6ccccc6n7-c6ccccc6)cc5c5ccc6c(cnn6-c6ccccc6)c54)c3)n2)cc1. The fraction of sp³-hybridized carbons (Fsp3) is 0. The van der Waals surface area contributed by atoms with Crippen molar-refractivity contribution in [3.8, 4) is 62.4 Å². The maximum atomic E-state index is 5.09. The molecule has 0 saturated carbocycles. The van der Waals surface area contributed by atoms with Crippen LogP contribution in [0, 0.1) is 0 Å². The fourth-order valence-electron chi connectivity index (χ4n) is 9.56. The number of para-hydroxylation sites is 3. The topological polar surface area (TPSA) is 66.3 Å². The zero-order chi connectivity index (χ0) is 42.8. The molecule has 0 bridgehead atoms. The summed E-state index contributed by atoms with van der Waals surface area (Å²) in [5, 5.41) is 10.8. The summed E-state index contributed by atoms with van der Waals surface area (Å²) in [6.45, 7) is 0. The highest BCUT2D eigenvalue weighted by molar-refractivity contribution is 6.19. The Balaban J connectivity index is 1.02. The van der Waals surface area contributed by atoms with Crippen molar-refractivity contribution in [1.82, 2.24) is 33.9 Å². The lowest BCUT2D eigenvalue weighted by Gasteiger charge is -2.12. The van der Waals surface area contributed by atoms with E-state index in [-0.39, 0.29) is 0 Å². The fourth-order valence-corrected chi connectivity index (χ4v) is 9.56. The van der Waals surface area contributed by atoms with Gasteiger partial charge in [0.1, 0.15) is 0 Å². The predicted molar refractivity (Wildman–Crippen MR) is 265 cm³/mol. The van der Waals surface area contributed by atoms with Crippen LogP contribution in [0.5, 0.6) is 0 Å². The second kappa shape index (κ2) is 14.9. The molecule has 0 radical (unpaired) electrons. The van der Waals surface area contributed by atoms with Crippen molar-refractivity contribution in [2.45, 2.75) is 0 Å². The molecule has 0 amide bonds. The van der Waals surface area contributed by atoms with Gasteiger partial charge in [0.25, 0.3) is 0 Å². The average molecular weight is 832 g/mol. The molecule has 0 unspecified atom stereocenters. The Labute approximate surface area is 373 Å². The Hall–Kier alpha value is -8.94. The smallest absolute Gasteiger partial charge is 0.164 e. The predicted octanol–water partition coefficient (Wildman–Crippen LogP) is 14.1. The minimum Gasteiger partial charge on any atom is -0.309 e. The first-order valence-corrected chi connectivity index (χ1v) is 21.8. The number of hydrogen-bond acceptors (Lipinski definition) is 4. The molecule has 0 N–H and O–H groups in total. The minimum atomic E-state index is 0.605. The lowest BCUT2D eigenvalue weighted by Crippen LogP contribution is -2.01. The van der Waals surface area contributed by atoms with Gasteiger partial charge in [0.15, 0.2) is 17.5 Å². The third-order valence-electron chi connectivity index (χ3n) is 12.6. The minimum absolute atomic E-state index is 0.605. The summed E-state index contributed by atoms with van der Waals surface area (Å²) >= 11 is 0. The molecule has 4 aromatic heterocycles. The van der Waals surface area contributed by atoms with Gasteiger partial charge in [-0.25, -0.2) is 19.6 Å². The van der Waals surface area contributed by atoms with E-state index in [4.69, 9.17) is 20.1 Å². The summed E-state index contributed by atoms with van der Waals surface area (Å²) in [4.78, 5) is 15.1. The van der Waals surface area contributed by atoms with Crippen LogP contribution in [0.2, 0.25) is 0 Å². The molecule has 7 nitrogen and oxygen atoms in total. The van der Waals surface area contributed by atoms with E-state index in [2.05, 4.69) is 161 Å². The van der Waals surface area contributed by atoms with E-state index in [0.717, 1.165) is 77.6 Å². The summed E-state index contributed by atoms with van der Waals surface area (Å²) in [6.07, 6.45) is 2.01. The number of fused-ring (bicyclic) bond motifs is 8. The molecule has 0 aliphatic heterocycles. The lowest BCUT2D eigenvalue weighted by atomic mass is 10.0. The van der Waals surface area contributed by atoms with Crippen LogP contribution in [0.15, 0.2) is 225 Å². The Morgan fingerprint density at radius 2 is 0.769 bits per heavy atom. The van der Waals surface area contributed by atoms with E-state index in [0.29, 0.717) is 17.5 Å². The molecular weight excluding hydrogens is 795 g/mol. The standard InChI is InChI=1S/C58H37N7/c1-5-16-38(17-6-1)56-60-57(39-18-7-2-8-19-39)62-58(61-56)42-20-15-25-45(34-42)64-53-32-29-41(36-49(53)47-30-33-54-50(55(47)64)37-59-65(54)44-23-11-4-12-24-44)40-28-31-52-48(35-40)46-26-13-14-27-51(46)63(52)43-21-9-3-10-22-43/h1-37H. The van der Waals surface area contributed by atoms with E-state index in [9.17, 15) is 0 Å². The maximum Gasteiger partial charge on any atom is 0.164 e. The normalized spacial score (nSPS) is 11.7. The zero-order valence-corrected chi connectivity index (χ0v) is 35.0. The number of hydrogen-bond donors (Lipinski definition) is 0. The van der Waals surface area contributed by atoms with Gasteiger partial charge in [-0.1, -0.05) is 140 Å². The number of nitrogens with zero attached hydrogens (tertiary/aromatic N) is 7. The van der Waals surface area contributed by atoms with Crippen molar-refractivity contribution in [2.75, 3.05) is 0 Å². The quantitative estimate of drug-likeness (QED) is 0.160. The number of benzene rings is 9. The molecule has 0 saturated heterocycles. The summed E-state index contributed by atoms with van der Waals surface area (Å²) in [5.74, 6) is 1.86. The Morgan fingerprint density at radius 3 is 1.43 bits per heavy atom. The van der Waals surface area contributed by atoms with Crippen LogP contribution >= 0.6 is 0 Å². The molecule has 4 heterocycles. The highest BCUT2D eigenvalue weighted by atomic mass is 15.3. The van der Waals surface area contributed by atoms with Crippen LogP contribution in [0.1, 0.15) is 0 Å². The molecule has 0 atom stereocenters. The second-order valence-corrected chi connectivity index (χ2v) is 16.4. The van der Waals surface area contributed by atoms with Gasteiger partial charge in [0.2, 0.25) is 0 Å². The molecule has 0 aliphatic carbocycles. The highest BCUT2D eigenvalue weighted by Crippen LogP contribution is 2.41. The van der Waals surface area contributed by atoms with Crippen molar-refractivity contribution in [1.29, 1.82) is 0 Å². The van der Waals surface area contributed by atoms with Gasteiger partial charge in [0, 0.05) is 55.0 Å². The largest absolute Gasteiger partial charge is 0.309 e. The van der Waals surface area contributed by atoms with E-state index in [1.807, 2.05) is 77.6 Å². The van der Waals surface area contributed by atoms with Crippen molar-refractivity contribution >= 4 is 54.5 Å². The molecule has 0 aliphatic rings. The summed E-state index contributed by atoms with van der Waals surface area (Å²) in [5.41, 5.74) is 13.8. The molecule has 65 heavy (non-hydrogen) atoms. The first-order valence-electron chi connectivity index (χ1n) is 21.8. The molecule has 0 spiro atoms. The van der Waals surface area contributed by atoms with Gasteiger partial charge in [-0.15, -0.1) is 0 Å². The molecule has 13 aromatic rings. The van der Waals surface area contributed by atoms with E-state index >= 15 is 0 Å². The Morgan fingerprint density at radius 1 is 0.277 bits per heavy atom. The third-order valence-corrected chi connectivity index (χ3v) is 12.6. The highest BCUT2D eigenvalue weighted by Gasteiger charge is 2.21. The molecule has 7 heteroatoms. The second-order valence-electron chi connectivity index (χ2n) is 16.4. The van der Waals surface area contributed by atoms with Crippen LogP contribution < -0.4 is 0 Å². The summed E-state index contributed by atoms with van der Waals surface area (Å²) in [7, 11) is 0. The van der Waals surface area contributed by atoms with Crippen LogP contribution in [-0.2, 0) is 0 Å². The van der Waals surface area contributed by atoms with Crippen LogP contribution in [-0.4, -0.2) is 33.9 Å². The molecule has 0 fully saturated rings.